The fraction of sp³-hybridized carbons (Fsp3) is 0.538. The second-order valence-electron chi connectivity index (χ2n) is 5.09. The van der Waals surface area contributed by atoms with Crippen LogP contribution in [0.1, 0.15) is 48.0 Å². The molecule has 0 fully saturated rings. The molecule has 0 saturated carbocycles. The third-order valence-electron chi connectivity index (χ3n) is 2.83. The summed E-state index contributed by atoms with van der Waals surface area (Å²) >= 11 is 0. The molecule has 1 aromatic heterocycles. The Morgan fingerprint density at radius 3 is 2.50 bits per heavy atom. The lowest BCUT2D eigenvalue weighted by Crippen LogP contribution is -2.44. The van der Waals surface area contributed by atoms with Crippen molar-refractivity contribution in [1.82, 2.24) is 9.88 Å². The van der Waals surface area contributed by atoms with Gasteiger partial charge in [-0.25, -0.2) is 0 Å². The van der Waals surface area contributed by atoms with Gasteiger partial charge < -0.3 is 15.0 Å². The molecule has 0 aliphatic carbocycles. The SMILES string of the molecule is CC(=O)c1cc(C(=O)NC(C)(C)CCO)n(C)c1. The number of hydrogen-bond donors (Lipinski definition) is 2. The van der Waals surface area contributed by atoms with E-state index < -0.39 is 5.54 Å². The Morgan fingerprint density at radius 1 is 1.44 bits per heavy atom. The summed E-state index contributed by atoms with van der Waals surface area (Å²) in [6.07, 6.45) is 2.11. The summed E-state index contributed by atoms with van der Waals surface area (Å²) in [7, 11) is 1.72. The third kappa shape index (κ3) is 3.43. The van der Waals surface area contributed by atoms with Gasteiger partial charge in [0.2, 0.25) is 0 Å². The van der Waals surface area contributed by atoms with Crippen LogP contribution in [0.2, 0.25) is 0 Å². The standard InChI is InChI=1S/C13H20N2O3/c1-9(17)10-7-11(15(4)8-10)12(18)14-13(2,3)5-6-16/h7-8,16H,5-6H2,1-4H3,(H,14,18). The normalized spacial score (nSPS) is 11.4. The Kier molecular flexibility index (Phi) is 4.29. The number of hydrogen-bond acceptors (Lipinski definition) is 3. The highest BCUT2D eigenvalue weighted by atomic mass is 16.3. The van der Waals surface area contributed by atoms with Gasteiger partial charge in [-0.3, -0.25) is 9.59 Å². The molecule has 0 aliphatic heterocycles. The van der Waals surface area contributed by atoms with Crippen LogP contribution in [0.15, 0.2) is 12.3 Å². The van der Waals surface area contributed by atoms with Gasteiger partial charge in [0, 0.05) is 31.0 Å². The Morgan fingerprint density at radius 2 is 2.06 bits per heavy atom. The molecule has 0 aliphatic rings. The number of aliphatic hydroxyl groups excluding tert-OH is 1. The van der Waals surface area contributed by atoms with Crippen molar-refractivity contribution in [3.8, 4) is 0 Å². The Balaban J connectivity index is 2.88. The van der Waals surface area contributed by atoms with Crippen LogP contribution in [0.3, 0.4) is 0 Å². The summed E-state index contributed by atoms with van der Waals surface area (Å²) in [5, 5.41) is 11.8. The Labute approximate surface area is 107 Å². The molecule has 5 nitrogen and oxygen atoms in total. The molecule has 0 radical (unpaired) electrons. The molecule has 1 rings (SSSR count). The number of ketones is 1. The van der Waals surface area contributed by atoms with Crippen molar-refractivity contribution in [3.05, 3.63) is 23.5 Å². The third-order valence-corrected chi connectivity index (χ3v) is 2.83. The largest absolute Gasteiger partial charge is 0.396 e. The first-order valence-electron chi connectivity index (χ1n) is 5.87. The number of rotatable bonds is 5. The minimum absolute atomic E-state index is 0.0130. The van der Waals surface area contributed by atoms with E-state index in [0.29, 0.717) is 17.7 Å². The molecule has 0 saturated heterocycles. The Bertz CT molecular complexity index is 461. The van der Waals surface area contributed by atoms with Crippen molar-refractivity contribution in [2.75, 3.05) is 6.61 Å². The summed E-state index contributed by atoms with van der Waals surface area (Å²) < 4.78 is 1.63. The maximum Gasteiger partial charge on any atom is 0.268 e. The summed E-state index contributed by atoms with van der Waals surface area (Å²) in [5.74, 6) is -0.317. The lowest BCUT2D eigenvalue weighted by atomic mass is 10.0. The maximum atomic E-state index is 12.1. The van der Waals surface area contributed by atoms with Gasteiger partial charge in [0.05, 0.1) is 0 Å². The molecule has 1 amide bonds. The fourth-order valence-corrected chi connectivity index (χ4v) is 1.70. The van der Waals surface area contributed by atoms with Crippen molar-refractivity contribution in [2.24, 2.45) is 7.05 Å². The van der Waals surface area contributed by atoms with E-state index in [2.05, 4.69) is 5.32 Å². The van der Waals surface area contributed by atoms with Crippen LogP contribution < -0.4 is 5.32 Å². The fourth-order valence-electron chi connectivity index (χ4n) is 1.70. The molecular formula is C13H20N2O3. The highest BCUT2D eigenvalue weighted by molar-refractivity contribution is 5.99. The molecule has 0 bridgehead atoms. The smallest absolute Gasteiger partial charge is 0.268 e. The summed E-state index contributed by atoms with van der Waals surface area (Å²) in [5.41, 5.74) is 0.473. The van der Waals surface area contributed by atoms with Crippen molar-refractivity contribution in [3.63, 3.8) is 0 Å². The van der Waals surface area contributed by atoms with Crippen molar-refractivity contribution >= 4 is 11.7 Å². The van der Waals surface area contributed by atoms with Crippen LogP contribution in [0.5, 0.6) is 0 Å². The first kappa shape index (κ1) is 14.4. The van der Waals surface area contributed by atoms with E-state index in [1.54, 1.807) is 23.9 Å². The maximum absolute atomic E-state index is 12.1. The van der Waals surface area contributed by atoms with Gasteiger partial charge in [0.25, 0.3) is 5.91 Å². The lowest BCUT2D eigenvalue weighted by molar-refractivity contribution is 0.0891. The van der Waals surface area contributed by atoms with E-state index in [0.717, 1.165) is 0 Å². The minimum Gasteiger partial charge on any atom is -0.396 e. The van der Waals surface area contributed by atoms with Crippen molar-refractivity contribution in [1.29, 1.82) is 0 Å². The van der Waals surface area contributed by atoms with E-state index in [-0.39, 0.29) is 18.3 Å². The van der Waals surface area contributed by atoms with Gasteiger partial charge in [-0.1, -0.05) is 0 Å². The van der Waals surface area contributed by atoms with Gasteiger partial charge >= 0.3 is 0 Å². The molecule has 0 aromatic carbocycles. The average molecular weight is 252 g/mol. The van der Waals surface area contributed by atoms with Crippen LogP contribution in [0.25, 0.3) is 0 Å². The minimum atomic E-state index is -0.480. The molecule has 100 valence electrons. The van der Waals surface area contributed by atoms with Crippen molar-refractivity contribution in [2.45, 2.75) is 32.7 Å². The molecule has 0 atom stereocenters. The number of nitrogens with zero attached hydrogens (tertiary/aromatic N) is 1. The summed E-state index contributed by atoms with van der Waals surface area (Å²) in [6, 6.07) is 1.58. The number of carbonyl (C=O) groups is 2. The number of Topliss-reactive ketones (excluding diaryl/α,β-unsaturated/α-hetero) is 1. The zero-order chi connectivity index (χ0) is 13.9. The predicted molar refractivity (Wildman–Crippen MR) is 68.7 cm³/mol. The predicted octanol–water partition coefficient (Wildman–Crippen LogP) is 1.12. The number of amides is 1. The number of nitrogens with one attached hydrogen (secondary N) is 1. The quantitative estimate of drug-likeness (QED) is 0.771. The number of aryl methyl sites for hydroxylation is 1. The molecule has 5 heteroatoms. The molecule has 2 N–H and O–H groups in total. The van der Waals surface area contributed by atoms with E-state index >= 15 is 0 Å². The van der Waals surface area contributed by atoms with Crippen LogP contribution in [0.4, 0.5) is 0 Å². The van der Waals surface area contributed by atoms with Crippen molar-refractivity contribution < 1.29 is 14.7 Å². The number of carbonyl (C=O) groups excluding carboxylic acids is 2. The topological polar surface area (TPSA) is 71.3 Å². The van der Waals surface area contributed by atoms with Crippen LogP contribution in [0, 0.1) is 0 Å². The van der Waals surface area contributed by atoms with Gasteiger partial charge in [-0.2, -0.15) is 0 Å². The second kappa shape index (κ2) is 5.35. The van der Waals surface area contributed by atoms with Gasteiger partial charge in [-0.05, 0) is 33.3 Å². The van der Waals surface area contributed by atoms with Crippen LogP contribution in [-0.4, -0.2) is 33.5 Å². The van der Waals surface area contributed by atoms with Crippen LogP contribution in [-0.2, 0) is 7.05 Å². The molecule has 0 spiro atoms. The Hall–Kier alpha value is -1.62. The molecule has 18 heavy (non-hydrogen) atoms. The van der Waals surface area contributed by atoms with Gasteiger partial charge in [-0.15, -0.1) is 0 Å². The first-order chi connectivity index (χ1) is 8.26. The highest BCUT2D eigenvalue weighted by Gasteiger charge is 2.22. The second-order valence-corrected chi connectivity index (χ2v) is 5.09. The zero-order valence-electron chi connectivity index (χ0n) is 11.3. The molecule has 0 unspecified atom stereocenters. The molecule has 1 heterocycles. The zero-order valence-corrected chi connectivity index (χ0v) is 11.3. The number of aliphatic hydroxyl groups is 1. The van der Waals surface area contributed by atoms with Gasteiger partial charge in [0.1, 0.15) is 5.69 Å². The summed E-state index contributed by atoms with van der Waals surface area (Å²) in [4.78, 5) is 23.3. The van der Waals surface area contributed by atoms with E-state index in [4.69, 9.17) is 5.11 Å². The van der Waals surface area contributed by atoms with E-state index in [9.17, 15) is 9.59 Å². The van der Waals surface area contributed by atoms with Gasteiger partial charge in [0.15, 0.2) is 5.78 Å². The number of aromatic nitrogens is 1. The summed E-state index contributed by atoms with van der Waals surface area (Å²) in [6.45, 7) is 5.16. The van der Waals surface area contributed by atoms with Crippen LogP contribution >= 0.6 is 0 Å². The molecular weight excluding hydrogens is 232 g/mol. The van der Waals surface area contributed by atoms with E-state index in [1.807, 2.05) is 13.8 Å². The lowest BCUT2D eigenvalue weighted by Gasteiger charge is -2.25. The van der Waals surface area contributed by atoms with E-state index in [1.165, 1.54) is 6.92 Å². The first-order valence-corrected chi connectivity index (χ1v) is 5.87. The molecule has 1 aromatic rings. The highest BCUT2D eigenvalue weighted by Crippen LogP contribution is 2.12. The average Bonchev–Trinajstić information content (AvgIpc) is 2.59. The monoisotopic (exact) mass is 252 g/mol.